The number of aromatic nitrogens is 5. The van der Waals surface area contributed by atoms with Crippen molar-refractivity contribution in [1.82, 2.24) is 30.1 Å². The van der Waals surface area contributed by atoms with Crippen LogP contribution >= 0.6 is 0 Å². The third-order valence-corrected chi connectivity index (χ3v) is 4.24. The monoisotopic (exact) mass is 344 g/mol. The van der Waals surface area contributed by atoms with Gasteiger partial charge in [-0.25, -0.2) is 9.36 Å². The van der Waals surface area contributed by atoms with E-state index in [0.717, 1.165) is 22.6 Å². The maximum Gasteiger partial charge on any atom is 0.0998 e. The van der Waals surface area contributed by atoms with Crippen molar-refractivity contribution in [2.75, 3.05) is 0 Å². The van der Waals surface area contributed by atoms with Gasteiger partial charge in [0.15, 0.2) is 0 Å². The van der Waals surface area contributed by atoms with Crippen molar-refractivity contribution in [3.63, 3.8) is 0 Å². The minimum absolute atomic E-state index is 0.0903. The van der Waals surface area contributed by atoms with Gasteiger partial charge in [0.05, 0.1) is 35.5 Å². The van der Waals surface area contributed by atoms with Crippen LogP contribution in [0.15, 0.2) is 79.3 Å². The Morgan fingerprint density at radius 1 is 0.885 bits per heavy atom. The Hall–Kier alpha value is -3.25. The molecule has 0 saturated heterocycles. The van der Waals surface area contributed by atoms with Crippen LogP contribution in [0.25, 0.3) is 11.4 Å². The highest BCUT2D eigenvalue weighted by atomic mass is 15.4. The summed E-state index contributed by atoms with van der Waals surface area (Å²) >= 11 is 0. The van der Waals surface area contributed by atoms with E-state index >= 15 is 0 Å². The quantitative estimate of drug-likeness (QED) is 0.583. The smallest absolute Gasteiger partial charge is 0.0998 e. The molecule has 26 heavy (non-hydrogen) atoms. The molecule has 1 N–H and O–H groups in total. The van der Waals surface area contributed by atoms with Gasteiger partial charge in [-0.15, -0.1) is 5.10 Å². The second kappa shape index (κ2) is 7.33. The van der Waals surface area contributed by atoms with E-state index in [1.165, 1.54) is 0 Å². The van der Waals surface area contributed by atoms with Crippen molar-refractivity contribution in [2.24, 2.45) is 0 Å². The van der Waals surface area contributed by atoms with Crippen LogP contribution < -0.4 is 5.32 Å². The number of nitrogens with one attached hydrogen (secondary N) is 1. The number of benzene rings is 2. The lowest BCUT2D eigenvalue weighted by Crippen LogP contribution is -2.18. The van der Waals surface area contributed by atoms with E-state index in [0.29, 0.717) is 6.54 Å². The molecule has 1 atom stereocenters. The topological polar surface area (TPSA) is 60.6 Å². The number of para-hydroxylation sites is 2. The van der Waals surface area contributed by atoms with Crippen LogP contribution in [0.3, 0.4) is 0 Å². The molecule has 0 aliphatic carbocycles. The fourth-order valence-corrected chi connectivity index (χ4v) is 2.73. The molecule has 0 saturated carbocycles. The summed E-state index contributed by atoms with van der Waals surface area (Å²) in [4.78, 5) is 0. The van der Waals surface area contributed by atoms with Crippen LogP contribution in [0.4, 0.5) is 0 Å². The van der Waals surface area contributed by atoms with Crippen molar-refractivity contribution >= 4 is 0 Å². The Balaban J connectivity index is 1.39. The van der Waals surface area contributed by atoms with Crippen molar-refractivity contribution < 1.29 is 0 Å². The normalized spacial score (nSPS) is 12.2. The van der Waals surface area contributed by atoms with E-state index in [4.69, 9.17) is 0 Å². The minimum Gasteiger partial charge on any atom is -0.305 e. The zero-order chi connectivity index (χ0) is 17.8. The fraction of sp³-hybridized carbons (Fsp3) is 0.150. The molecular weight excluding hydrogens is 324 g/mol. The maximum atomic E-state index is 4.43. The van der Waals surface area contributed by atoms with Gasteiger partial charge < -0.3 is 5.32 Å². The average molecular weight is 344 g/mol. The molecule has 130 valence electrons. The molecule has 0 fully saturated rings. The van der Waals surface area contributed by atoms with Gasteiger partial charge in [-0.1, -0.05) is 41.6 Å². The zero-order valence-electron chi connectivity index (χ0n) is 14.5. The summed E-state index contributed by atoms with van der Waals surface area (Å²) in [6.45, 7) is 2.80. The Morgan fingerprint density at radius 3 is 2.23 bits per heavy atom. The third-order valence-electron chi connectivity index (χ3n) is 4.24. The van der Waals surface area contributed by atoms with Gasteiger partial charge in [0.1, 0.15) is 0 Å². The second-order valence-corrected chi connectivity index (χ2v) is 6.15. The molecule has 0 bridgehead atoms. The van der Waals surface area contributed by atoms with E-state index in [9.17, 15) is 0 Å². The lowest BCUT2D eigenvalue weighted by Gasteiger charge is -2.09. The van der Waals surface area contributed by atoms with E-state index in [-0.39, 0.29) is 6.04 Å². The summed E-state index contributed by atoms with van der Waals surface area (Å²) in [5.74, 6) is 0. The Bertz CT molecular complexity index is 958. The first-order chi connectivity index (χ1) is 12.8. The summed E-state index contributed by atoms with van der Waals surface area (Å²) < 4.78 is 3.67. The maximum absolute atomic E-state index is 4.43. The molecule has 2 aromatic heterocycles. The van der Waals surface area contributed by atoms with Crippen LogP contribution in [0.5, 0.6) is 0 Å². The van der Waals surface area contributed by atoms with Crippen LogP contribution in [0.2, 0.25) is 0 Å². The van der Waals surface area contributed by atoms with Gasteiger partial charge in [-0.3, -0.25) is 0 Å². The zero-order valence-corrected chi connectivity index (χ0v) is 14.5. The van der Waals surface area contributed by atoms with Crippen molar-refractivity contribution in [3.05, 3.63) is 90.5 Å². The van der Waals surface area contributed by atoms with Gasteiger partial charge in [0, 0.05) is 18.3 Å². The lowest BCUT2D eigenvalue weighted by molar-refractivity contribution is 0.560. The van der Waals surface area contributed by atoms with Gasteiger partial charge in [-0.05, 0) is 31.2 Å². The highest BCUT2D eigenvalue weighted by Crippen LogP contribution is 2.13. The number of rotatable bonds is 6. The predicted molar refractivity (Wildman–Crippen MR) is 100 cm³/mol. The van der Waals surface area contributed by atoms with Gasteiger partial charge in [0.2, 0.25) is 0 Å². The Morgan fingerprint density at radius 2 is 1.54 bits per heavy atom. The molecule has 0 spiro atoms. The van der Waals surface area contributed by atoms with Crippen LogP contribution in [0, 0.1) is 0 Å². The highest BCUT2D eigenvalue weighted by molar-refractivity contribution is 5.31. The Kier molecular flexibility index (Phi) is 4.57. The summed E-state index contributed by atoms with van der Waals surface area (Å²) in [6.07, 6.45) is 5.88. The third kappa shape index (κ3) is 3.55. The first kappa shape index (κ1) is 16.2. The van der Waals surface area contributed by atoms with Gasteiger partial charge in [-0.2, -0.15) is 5.10 Å². The van der Waals surface area contributed by atoms with E-state index in [1.807, 2.05) is 83.9 Å². The van der Waals surface area contributed by atoms with Gasteiger partial charge >= 0.3 is 0 Å². The van der Waals surface area contributed by atoms with Crippen molar-refractivity contribution in [3.8, 4) is 11.4 Å². The molecule has 0 aliphatic rings. The number of nitrogens with zero attached hydrogens (tertiary/aromatic N) is 5. The first-order valence-corrected chi connectivity index (χ1v) is 8.59. The van der Waals surface area contributed by atoms with E-state index in [2.05, 4.69) is 27.7 Å². The molecule has 0 unspecified atom stereocenters. The molecule has 6 nitrogen and oxygen atoms in total. The molecule has 2 heterocycles. The predicted octanol–water partition coefficient (Wildman–Crippen LogP) is 3.30. The standard InChI is InChI=1S/C20H20N6/c1-16(20-15-26(24-23-20)19-10-6-3-7-11-19)21-12-17-13-22-25(14-17)18-8-4-2-5-9-18/h2-11,13-16,21H,12H2,1H3/t16-/m1/s1. The summed E-state index contributed by atoms with van der Waals surface area (Å²) in [5.41, 5.74) is 4.08. The van der Waals surface area contributed by atoms with Crippen molar-refractivity contribution in [1.29, 1.82) is 0 Å². The lowest BCUT2D eigenvalue weighted by atomic mass is 10.2. The number of hydrogen-bond donors (Lipinski definition) is 1. The van der Waals surface area contributed by atoms with Crippen LogP contribution in [-0.2, 0) is 6.54 Å². The summed E-state index contributed by atoms with van der Waals surface area (Å²) in [7, 11) is 0. The number of hydrogen-bond acceptors (Lipinski definition) is 4. The summed E-state index contributed by atoms with van der Waals surface area (Å²) in [5, 5.41) is 16.4. The SMILES string of the molecule is C[C@@H](NCc1cnn(-c2ccccc2)c1)c1cn(-c2ccccc2)nn1. The molecule has 0 amide bonds. The van der Waals surface area contributed by atoms with Crippen molar-refractivity contribution in [2.45, 2.75) is 19.5 Å². The summed E-state index contributed by atoms with van der Waals surface area (Å²) in [6, 6.07) is 20.2. The Labute approximate surface area is 152 Å². The second-order valence-electron chi connectivity index (χ2n) is 6.15. The molecule has 4 aromatic rings. The van der Waals surface area contributed by atoms with E-state index < -0.39 is 0 Å². The minimum atomic E-state index is 0.0903. The average Bonchev–Trinajstić information content (AvgIpc) is 3.37. The molecule has 4 rings (SSSR count). The molecular formula is C20H20N6. The van der Waals surface area contributed by atoms with Crippen LogP contribution in [0.1, 0.15) is 24.2 Å². The highest BCUT2D eigenvalue weighted by Gasteiger charge is 2.11. The molecule has 2 aromatic carbocycles. The molecule has 0 aliphatic heterocycles. The van der Waals surface area contributed by atoms with E-state index in [1.54, 1.807) is 4.68 Å². The molecule has 6 heteroatoms. The molecule has 0 radical (unpaired) electrons. The van der Waals surface area contributed by atoms with Gasteiger partial charge in [0.25, 0.3) is 0 Å². The fourth-order valence-electron chi connectivity index (χ4n) is 2.73. The largest absolute Gasteiger partial charge is 0.305 e. The van der Waals surface area contributed by atoms with Crippen LogP contribution in [-0.4, -0.2) is 24.8 Å². The first-order valence-electron chi connectivity index (χ1n) is 8.59.